The molecular formula is C18H18N2O5. The molecule has 2 aromatic rings. The van der Waals surface area contributed by atoms with E-state index in [9.17, 15) is 14.4 Å². The van der Waals surface area contributed by atoms with Crippen LogP contribution in [-0.2, 0) is 9.53 Å². The summed E-state index contributed by atoms with van der Waals surface area (Å²) in [5, 5.41) is 6.15. The Labute approximate surface area is 143 Å². The molecule has 0 spiro atoms. The molecule has 4 atom stereocenters. The molecule has 4 rings (SSSR count). The standard InChI is InChI=1S/C18H18N2O5/c1-9(21)19-16-15(11-6-7-24-17(11)16)20-18(23)14-8-12(22)10-4-2-3-5-13(10)25-14/h2-5,8,11,15-17H,6-7H2,1H3,(H,19,21)(H,20,23)/t11-,15+,16-,17-/m1/s1. The molecule has 2 fully saturated rings. The van der Waals surface area contributed by atoms with Crippen LogP contribution in [0.1, 0.15) is 23.9 Å². The highest BCUT2D eigenvalue weighted by Crippen LogP contribution is 2.39. The summed E-state index contributed by atoms with van der Waals surface area (Å²) in [5.74, 6) is -0.510. The van der Waals surface area contributed by atoms with E-state index in [2.05, 4.69) is 10.6 Å². The van der Waals surface area contributed by atoms with Crippen LogP contribution in [0.25, 0.3) is 11.0 Å². The monoisotopic (exact) mass is 342 g/mol. The largest absolute Gasteiger partial charge is 0.451 e. The highest BCUT2D eigenvalue weighted by atomic mass is 16.5. The summed E-state index contributed by atoms with van der Waals surface area (Å²) < 4.78 is 11.2. The van der Waals surface area contributed by atoms with Gasteiger partial charge in [0.25, 0.3) is 5.91 Å². The topological polar surface area (TPSA) is 97.6 Å². The van der Waals surface area contributed by atoms with Gasteiger partial charge in [-0.1, -0.05) is 12.1 Å². The Kier molecular flexibility index (Phi) is 3.80. The summed E-state index contributed by atoms with van der Waals surface area (Å²) >= 11 is 0. The van der Waals surface area contributed by atoms with Crippen molar-refractivity contribution in [2.75, 3.05) is 6.61 Å². The summed E-state index contributed by atoms with van der Waals surface area (Å²) in [7, 11) is 0. The van der Waals surface area contributed by atoms with Crippen LogP contribution in [0.15, 0.2) is 39.5 Å². The lowest BCUT2D eigenvalue weighted by molar-refractivity contribution is -0.124. The number of ether oxygens (including phenoxy) is 1. The molecule has 0 radical (unpaired) electrons. The number of rotatable bonds is 3. The van der Waals surface area contributed by atoms with Crippen LogP contribution in [0, 0.1) is 5.92 Å². The first-order valence-electron chi connectivity index (χ1n) is 8.27. The van der Waals surface area contributed by atoms with Crippen molar-refractivity contribution < 1.29 is 18.7 Å². The van der Waals surface area contributed by atoms with Crippen molar-refractivity contribution in [3.8, 4) is 0 Å². The minimum absolute atomic E-state index is 0.0346. The van der Waals surface area contributed by atoms with Gasteiger partial charge in [-0.2, -0.15) is 0 Å². The predicted molar refractivity (Wildman–Crippen MR) is 89.2 cm³/mol. The Bertz CT molecular complexity index is 906. The number of fused-ring (bicyclic) bond motifs is 2. The molecular weight excluding hydrogens is 324 g/mol. The zero-order valence-electron chi connectivity index (χ0n) is 13.7. The molecule has 25 heavy (non-hydrogen) atoms. The number of nitrogens with one attached hydrogen (secondary N) is 2. The molecule has 1 aromatic heterocycles. The fourth-order valence-electron chi connectivity index (χ4n) is 3.75. The molecule has 1 aromatic carbocycles. The highest BCUT2D eigenvalue weighted by molar-refractivity contribution is 5.93. The van der Waals surface area contributed by atoms with Crippen molar-refractivity contribution >= 4 is 22.8 Å². The van der Waals surface area contributed by atoms with Gasteiger partial charge < -0.3 is 19.8 Å². The van der Waals surface area contributed by atoms with Gasteiger partial charge in [-0.25, -0.2) is 0 Å². The van der Waals surface area contributed by atoms with Crippen LogP contribution < -0.4 is 16.1 Å². The van der Waals surface area contributed by atoms with Crippen molar-refractivity contribution in [2.45, 2.75) is 31.5 Å². The Morgan fingerprint density at radius 2 is 1.96 bits per heavy atom. The Balaban J connectivity index is 1.57. The number of benzene rings is 1. The minimum atomic E-state index is -0.464. The van der Waals surface area contributed by atoms with E-state index in [0.717, 1.165) is 6.42 Å². The number of hydrogen-bond acceptors (Lipinski definition) is 5. The van der Waals surface area contributed by atoms with Crippen LogP contribution in [0.3, 0.4) is 0 Å². The van der Waals surface area contributed by atoms with Crippen LogP contribution in [0.4, 0.5) is 0 Å². The third-order valence-corrected chi connectivity index (χ3v) is 4.91. The van der Waals surface area contributed by atoms with Gasteiger partial charge in [-0.3, -0.25) is 14.4 Å². The number of hydrogen-bond donors (Lipinski definition) is 2. The molecule has 0 bridgehead atoms. The van der Waals surface area contributed by atoms with Gasteiger partial charge in [-0.15, -0.1) is 0 Å². The van der Waals surface area contributed by atoms with Gasteiger partial charge in [0.05, 0.1) is 23.6 Å². The van der Waals surface area contributed by atoms with E-state index in [1.165, 1.54) is 13.0 Å². The molecule has 7 nitrogen and oxygen atoms in total. The van der Waals surface area contributed by atoms with Gasteiger partial charge >= 0.3 is 0 Å². The molecule has 2 heterocycles. The molecule has 130 valence electrons. The maximum atomic E-state index is 12.6. The van der Waals surface area contributed by atoms with E-state index in [-0.39, 0.29) is 41.2 Å². The SMILES string of the molecule is CC(=O)N[C@@H]1[C@@H](NC(=O)c2cc(=O)c3ccccc3o2)[C@H]2CCO[C@H]21. The van der Waals surface area contributed by atoms with Crippen molar-refractivity contribution in [2.24, 2.45) is 5.92 Å². The van der Waals surface area contributed by atoms with Crippen LogP contribution in [0.2, 0.25) is 0 Å². The van der Waals surface area contributed by atoms with Crippen molar-refractivity contribution in [3.63, 3.8) is 0 Å². The van der Waals surface area contributed by atoms with Crippen molar-refractivity contribution in [1.29, 1.82) is 0 Å². The average Bonchev–Trinajstić information content (AvgIpc) is 3.02. The molecule has 1 aliphatic carbocycles. The Hall–Kier alpha value is -2.67. The number of amides is 2. The van der Waals surface area contributed by atoms with Gasteiger partial charge in [-0.05, 0) is 18.6 Å². The molecule has 1 saturated heterocycles. The number of carbonyl (C=O) groups is 2. The lowest BCUT2D eigenvalue weighted by atomic mass is 9.71. The zero-order valence-corrected chi connectivity index (χ0v) is 13.7. The second kappa shape index (κ2) is 6.00. The smallest absolute Gasteiger partial charge is 0.287 e. The predicted octanol–water partition coefficient (Wildman–Crippen LogP) is 0.815. The maximum Gasteiger partial charge on any atom is 0.287 e. The normalized spacial score (nSPS) is 27.4. The van der Waals surface area contributed by atoms with E-state index >= 15 is 0 Å². The zero-order chi connectivity index (χ0) is 17.6. The molecule has 1 saturated carbocycles. The van der Waals surface area contributed by atoms with Crippen LogP contribution >= 0.6 is 0 Å². The molecule has 2 aliphatic rings. The van der Waals surface area contributed by atoms with E-state index < -0.39 is 5.91 Å². The quantitative estimate of drug-likeness (QED) is 0.860. The van der Waals surface area contributed by atoms with E-state index in [1.54, 1.807) is 24.3 Å². The summed E-state index contributed by atoms with van der Waals surface area (Å²) in [5.41, 5.74) is 0.107. The van der Waals surface area contributed by atoms with E-state index in [0.29, 0.717) is 17.6 Å². The van der Waals surface area contributed by atoms with E-state index in [1.807, 2.05) is 0 Å². The third-order valence-electron chi connectivity index (χ3n) is 4.91. The first-order valence-corrected chi connectivity index (χ1v) is 8.27. The summed E-state index contributed by atoms with van der Waals surface area (Å²) in [4.78, 5) is 36.1. The molecule has 7 heteroatoms. The number of para-hydroxylation sites is 1. The fourth-order valence-corrected chi connectivity index (χ4v) is 3.75. The molecule has 2 N–H and O–H groups in total. The van der Waals surface area contributed by atoms with Crippen LogP contribution in [0.5, 0.6) is 0 Å². The first-order chi connectivity index (χ1) is 12.0. The van der Waals surface area contributed by atoms with Crippen molar-refractivity contribution in [3.05, 3.63) is 46.3 Å². The number of carbonyl (C=O) groups excluding carboxylic acids is 2. The molecule has 1 aliphatic heterocycles. The molecule has 2 amide bonds. The van der Waals surface area contributed by atoms with Gasteiger partial charge in [0.2, 0.25) is 5.91 Å². The van der Waals surface area contributed by atoms with E-state index in [4.69, 9.17) is 9.15 Å². The lowest BCUT2D eigenvalue weighted by Gasteiger charge is -2.47. The maximum absolute atomic E-state index is 12.6. The summed E-state index contributed by atoms with van der Waals surface area (Å²) in [6, 6.07) is 7.49. The van der Waals surface area contributed by atoms with Crippen LogP contribution in [-0.4, -0.2) is 36.6 Å². The summed E-state index contributed by atoms with van der Waals surface area (Å²) in [6.45, 7) is 2.05. The summed E-state index contributed by atoms with van der Waals surface area (Å²) in [6.07, 6.45) is 0.755. The average molecular weight is 342 g/mol. The second-order valence-electron chi connectivity index (χ2n) is 6.48. The molecule has 0 unspecified atom stereocenters. The lowest BCUT2D eigenvalue weighted by Crippen LogP contribution is -2.70. The third kappa shape index (κ3) is 2.70. The highest BCUT2D eigenvalue weighted by Gasteiger charge is 2.55. The second-order valence-corrected chi connectivity index (χ2v) is 6.48. The Morgan fingerprint density at radius 1 is 1.16 bits per heavy atom. The van der Waals surface area contributed by atoms with Gasteiger partial charge in [0, 0.05) is 25.5 Å². The fraction of sp³-hybridized carbons (Fsp3) is 0.389. The first kappa shape index (κ1) is 15.8. The van der Waals surface area contributed by atoms with Crippen molar-refractivity contribution in [1.82, 2.24) is 10.6 Å². The minimum Gasteiger partial charge on any atom is -0.451 e. The Morgan fingerprint density at radius 3 is 2.76 bits per heavy atom. The van der Waals surface area contributed by atoms with Gasteiger partial charge in [0.15, 0.2) is 11.2 Å². The van der Waals surface area contributed by atoms with Gasteiger partial charge in [0.1, 0.15) is 5.58 Å².